The summed E-state index contributed by atoms with van der Waals surface area (Å²) in [5.41, 5.74) is 8.75. The molecule has 2 N–H and O–H groups in total. The van der Waals surface area contributed by atoms with E-state index in [0.717, 1.165) is 31.5 Å². The lowest BCUT2D eigenvalue weighted by atomic mass is 9.77. The fraction of sp³-hybridized carbons (Fsp3) is 0.467. The number of hydrogen-bond acceptors (Lipinski definition) is 4. The second kappa shape index (κ2) is 5.13. The lowest BCUT2D eigenvalue weighted by Gasteiger charge is -2.27. The molecule has 0 saturated carbocycles. The molecule has 0 spiro atoms. The summed E-state index contributed by atoms with van der Waals surface area (Å²) in [7, 11) is 0. The summed E-state index contributed by atoms with van der Waals surface area (Å²) >= 11 is 0. The standard InChI is InChI=1S/C15H19N3O/c1-2-3-8-13(16)15-17-14(18-19-15)12-9-10-6-4-5-7-11(10)12/h4-7,12-13H,2-3,8-9,16H2,1H3/t12?,13-/m0/s1. The Bertz CT molecular complexity index is 564. The molecule has 1 aromatic carbocycles. The highest BCUT2D eigenvalue weighted by Gasteiger charge is 2.31. The minimum Gasteiger partial charge on any atom is -0.338 e. The van der Waals surface area contributed by atoms with Gasteiger partial charge in [-0.05, 0) is 24.0 Å². The zero-order valence-corrected chi connectivity index (χ0v) is 11.2. The third-order valence-electron chi connectivity index (χ3n) is 3.81. The molecule has 1 heterocycles. The first-order chi connectivity index (χ1) is 9.29. The van der Waals surface area contributed by atoms with Crippen molar-refractivity contribution in [2.24, 2.45) is 5.73 Å². The highest BCUT2D eigenvalue weighted by atomic mass is 16.5. The number of rotatable bonds is 5. The minimum absolute atomic E-state index is 0.128. The van der Waals surface area contributed by atoms with E-state index in [1.165, 1.54) is 11.1 Å². The van der Waals surface area contributed by atoms with E-state index in [-0.39, 0.29) is 12.0 Å². The van der Waals surface area contributed by atoms with E-state index in [2.05, 4.69) is 41.3 Å². The van der Waals surface area contributed by atoms with Crippen LogP contribution in [-0.2, 0) is 6.42 Å². The third-order valence-corrected chi connectivity index (χ3v) is 3.81. The second-order valence-corrected chi connectivity index (χ2v) is 5.20. The maximum absolute atomic E-state index is 6.05. The first kappa shape index (κ1) is 12.4. The van der Waals surface area contributed by atoms with E-state index in [4.69, 9.17) is 10.3 Å². The van der Waals surface area contributed by atoms with Crippen LogP contribution in [0.1, 0.15) is 61.0 Å². The van der Waals surface area contributed by atoms with E-state index in [1.54, 1.807) is 0 Å². The number of hydrogen-bond donors (Lipinski definition) is 1. The van der Waals surface area contributed by atoms with Crippen LogP contribution in [0.5, 0.6) is 0 Å². The first-order valence-electron chi connectivity index (χ1n) is 6.96. The maximum atomic E-state index is 6.05. The molecule has 1 aliphatic carbocycles. The summed E-state index contributed by atoms with van der Waals surface area (Å²) in [4.78, 5) is 4.48. The van der Waals surface area contributed by atoms with Gasteiger partial charge in [0.1, 0.15) is 0 Å². The summed E-state index contributed by atoms with van der Waals surface area (Å²) in [6, 6.07) is 8.28. The molecule has 0 bridgehead atoms. The fourth-order valence-corrected chi connectivity index (χ4v) is 2.58. The van der Waals surface area contributed by atoms with Gasteiger partial charge in [-0.3, -0.25) is 0 Å². The molecule has 2 atom stereocenters. The molecule has 0 aliphatic heterocycles. The van der Waals surface area contributed by atoms with Gasteiger partial charge in [-0.2, -0.15) is 4.98 Å². The van der Waals surface area contributed by atoms with Crippen molar-refractivity contribution in [1.29, 1.82) is 0 Å². The van der Waals surface area contributed by atoms with Gasteiger partial charge in [0, 0.05) is 0 Å². The van der Waals surface area contributed by atoms with Crippen LogP contribution in [0.2, 0.25) is 0 Å². The molecule has 1 aromatic heterocycles. The molecule has 2 aromatic rings. The van der Waals surface area contributed by atoms with Crippen molar-refractivity contribution in [3.05, 3.63) is 47.1 Å². The average molecular weight is 257 g/mol. The predicted molar refractivity (Wildman–Crippen MR) is 72.7 cm³/mol. The van der Waals surface area contributed by atoms with Crippen LogP contribution < -0.4 is 5.73 Å². The molecule has 4 nitrogen and oxygen atoms in total. The molecule has 1 unspecified atom stereocenters. The molecule has 0 saturated heterocycles. The Morgan fingerprint density at radius 3 is 3.05 bits per heavy atom. The molecule has 0 radical (unpaired) electrons. The Labute approximate surface area is 113 Å². The zero-order valence-electron chi connectivity index (χ0n) is 11.2. The van der Waals surface area contributed by atoms with E-state index in [0.29, 0.717) is 5.89 Å². The molecule has 4 heteroatoms. The number of benzene rings is 1. The Balaban J connectivity index is 1.73. The van der Waals surface area contributed by atoms with Gasteiger partial charge in [0.05, 0.1) is 12.0 Å². The normalized spacial score (nSPS) is 18.7. The Morgan fingerprint density at radius 2 is 2.26 bits per heavy atom. The SMILES string of the molecule is CCCC[C@H](N)c1nc(C2Cc3ccccc32)no1. The molecule has 0 fully saturated rings. The fourth-order valence-electron chi connectivity index (χ4n) is 2.58. The van der Waals surface area contributed by atoms with Gasteiger partial charge in [0.2, 0.25) is 5.89 Å². The van der Waals surface area contributed by atoms with Crippen LogP contribution in [-0.4, -0.2) is 10.1 Å². The van der Waals surface area contributed by atoms with E-state index in [1.807, 2.05) is 0 Å². The largest absolute Gasteiger partial charge is 0.338 e. The summed E-state index contributed by atoms with van der Waals surface area (Å²) in [5.74, 6) is 1.64. The first-order valence-corrected chi connectivity index (χ1v) is 6.96. The Kier molecular flexibility index (Phi) is 3.34. The molecule has 19 heavy (non-hydrogen) atoms. The van der Waals surface area contributed by atoms with Crippen LogP contribution in [0.4, 0.5) is 0 Å². The van der Waals surface area contributed by atoms with Gasteiger partial charge in [-0.15, -0.1) is 0 Å². The Morgan fingerprint density at radius 1 is 1.42 bits per heavy atom. The summed E-state index contributed by atoms with van der Waals surface area (Å²) < 4.78 is 5.31. The quantitative estimate of drug-likeness (QED) is 0.894. The van der Waals surface area contributed by atoms with Crippen LogP contribution in [0, 0.1) is 0 Å². The van der Waals surface area contributed by atoms with Gasteiger partial charge < -0.3 is 10.3 Å². The van der Waals surface area contributed by atoms with Crippen LogP contribution in [0.15, 0.2) is 28.8 Å². The monoisotopic (exact) mass is 257 g/mol. The maximum Gasteiger partial charge on any atom is 0.243 e. The van der Waals surface area contributed by atoms with Crippen LogP contribution in [0.3, 0.4) is 0 Å². The van der Waals surface area contributed by atoms with E-state index >= 15 is 0 Å². The molecule has 3 rings (SSSR count). The van der Waals surface area contributed by atoms with Crippen molar-refractivity contribution in [2.75, 3.05) is 0 Å². The number of nitrogens with zero attached hydrogens (tertiary/aromatic N) is 2. The summed E-state index contributed by atoms with van der Waals surface area (Å²) in [6.07, 6.45) is 4.12. The zero-order chi connectivity index (χ0) is 13.2. The molecule has 1 aliphatic rings. The molecule has 100 valence electrons. The third kappa shape index (κ3) is 2.28. The number of nitrogens with two attached hydrogens (primary N) is 1. The van der Waals surface area contributed by atoms with Crippen molar-refractivity contribution in [1.82, 2.24) is 10.1 Å². The van der Waals surface area contributed by atoms with Crippen molar-refractivity contribution in [3.8, 4) is 0 Å². The van der Waals surface area contributed by atoms with Crippen LogP contribution in [0.25, 0.3) is 0 Å². The lowest BCUT2D eigenvalue weighted by molar-refractivity contribution is 0.341. The number of aromatic nitrogens is 2. The van der Waals surface area contributed by atoms with Crippen molar-refractivity contribution >= 4 is 0 Å². The summed E-state index contributed by atoms with van der Waals surface area (Å²) in [5, 5.41) is 4.10. The van der Waals surface area contributed by atoms with E-state index < -0.39 is 0 Å². The molecular weight excluding hydrogens is 238 g/mol. The van der Waals surface area contributed by atoms with Gasteiger partial charge in [0.15, 0.2) is 5.82 Å². The minimum atomic E-state index is -0.128. The lowest BCUT2D eigenvalue weighted by Crippen LogP contribution is -2.19. The number of unbranched alkanes of at least 4 members (excludes halogenated alkanes) is 1. The van der Waals surface area contributed by atoms with Crippen molar-refractivity contribution < 1.29 is 4.52 Å². The van der Waals surface area contributed by atoms with Crippen molar-refractivity contribution in [2.45, 2.75) is 44.6 Å². The predicted octanol–water partition coefficient (Wildman–Crippen LogP) is 2.95. The van der Waals surface area contributed by atoms with Gasteiger partial charge in [-0.1, -0.05) is 49.2 Å². The molecule has 0 amide bonds. The Hall–Kier alpha value is -1.68. The smallest absolute Gasteiger partial charge is 0.243 e. The highest BCUT2D eigenvalue weighted by Crippen LogP contribution is 2.38. The van der Waals surface area contributed by atoms with Crippen LogP contribution >= 0.6 is 0 Å². The topological polar surface area (TPSA) is 64.9 Å². The van der Waals surface area contributed by atoms with E-state index in [9.17, 15) is 0 Å². The second-order valence-electron chi connectivity index (χ2n) is 5.20. The average Bonchev–Trinajstić information content (AvgIpc) is 2.87. The summed E-state index contributed by atoms with van der Waals surface area (Å²) in [6.45, 7) is 2.15. The highest BCUT2D eigenvalue weighted by molar-refractivity contribution is 5.43. The van der Waals surface area contributed by atoms with Gasteiger partial charge in [-0.25, -0.2) is 0 Å². The molecular formula is C15H19N3O. The van der Waals surface area contributed by atoms with Gasteiger partial charge in [0.25, 0.3) is 0 Å². The number of fused-ring (bicyclic) bond motifs is 1. The van der Waals surface area contributed by atoms with Crippen molar-refractivity contribution in [3.63, 3.8) is 0 Å². The van der Waals surface area contributed by atoms with Gasteiger partial charge >= 0.3 is 0 Å².